The van der Waals surface area contributed by atoms with Gasteiger partial charge in [0.15, 0.2) is 10.8 Å². The van der Waals surface area contributed by atoms with Crippen LogP contribution in [0.2, 0.25) is 0 Å². The highest BCUT2D eigenvalue weighted by Gasteiger charge is 2.12. The zero-order chi connectivity index (χ0) is 12.3. The lowest BCUT2D eigenvalue weighted by Gasteiger charge is -2.14. The van der Waals surface area contributed by atoms with Crippen molar-refractivity contribution in [3.05, 3.63) is 11.1 Å². The Morgan fingerprint density at radius 2 is 2.25 bits per heavy atom. The molecule has 0 spiro atoms. The van der Waals surface area contributed by atoms with Gasteiger partial charge < -0.3 is 10.0 Å². The van der Waals surface area contributed by atoms with Crippen molar-refractivity contribution in [1.29, 1.82) is 0 Å². The number of nitrogens with zero attached hydrogens (tertiary/aromatic N) is 2. The van der Waals surface area contributed by atoms with E-state index in [1.165, 1.54) is 16.7 Å². The normalized spacial score (nSPS) is 11.4. The number of hydrogen-bond donors (Lipinski definition) is 1. The molecule has 6 nitrogen and oxygen atoms in total. The van der Waals surface area contributed by atoms with Crippen molar-refractivity contribution >= 4 is 32.3 Å². The molecule has 1 heterocycles. The Kier molecular flexibility index (Phi) is 3.87. The third-order valence-corrected chi connectivity index (χ3v) is 3.71. The number of carboxylic acids is 1. The molecule has 0 bridgehead atoms. The summed E-state index contributed by atoms with van der Waals surface area (Å²) in [4.78, 5) is 16.1. The van der Waals surface area contributed by atoms with Gasteiger partial charge in [-0.25, -0.2) is 18.2 Å². The van der Waals surface area contributed by atoms with E-state index >= 15 is 0 Å². The minimum atomic E-state index is -3.02. The maximum Gasteiger partial charge on any atom is 0.355 e. The summed E-state index contributed by atoms with van der Waals surface area (Å²) in [6.45, 7) is 0.297. The van der Waals surface area contributed by atoms with E-state index < -0.39 is 15.8 Å². The summed E-state index contributed by atoms with van der Waals surface area (Å²) >= 11 is 1.18. The minimum Gasteiger partial charge on any atom is -0.476 e. The number of carboxylic acid groups (broad SMARTS) is 1. The summed E-state index contributed by atoms with van der Waals surface area (Å²) in [6.07, 6.45) is 1.16. The molecule has 0 fully saturated rings. The quantitative estimate of drug-likeness (QED) is 0.824. The maximum atomic E-state index is 10.9. The van der Waals surface area contributed by atoms with Gasteiger partial charge in [-0.2, -0.15) is 0 Å². The number of aromatic nitrogens is 1. The van der Waals surface area contributed by atoms with Crippen LogP contribution in [0.5, 0.6) is 0 Å². The maximum absolute atomic E-state index is 10.9. The number of carbonyl (C=O) groups is 1. The summed E-state index contributed by atoms with van der Waals surface area (Å²) in [7, 11) is -1.34. The SMILES string of the molecule is CN(CCS(C)(=O)=O)c1nc(C(=O)O)cs1. The first-order valence-electron chi connectivity index (χ1n) is 4.37. The largest absolute Gasteiger partial charge is 0.476 e. The Morgan fingerprint density at radius 3 is 2.69 bits per heavy atom. The number of aromatic carboxylic acids is 1. The molecule has 90 valence electrons. The van der Waals surface area contributed by atoms with E-state index in [0.29, 0.717) is 11.7 Å². The third kappa shape index (κ3) is 3.78. The van der Waals surface area contributed by atoms with Crippen LogP contribution in [0.25, 0.3) is 0 Å². The van der Waals surface area contributed by atoms with Crippen LogP contribution in [0, 0.1) is 0 Å². The van der Waals surface area contributed by atoms with Gasteiger partial charge in [0.1, 0.15) is 9.84 Å². The molecule has 1 aromatic rings. The molecule has 0 saturated carbocycles. The van der Waals surface area contributed by atoms with Gasteiger partial charge in [-0.3, -0.25) is 0 Å². The molecule has 8 heteroatoms. The van der Waals surface area contributed by atoms with E-state index in [0.717, 1.165) is 6.26 Å². The number of anilines is 1. The van der Waals surface area contributed by atoms with Crippen molar-refractivity contribution in [3.63, 3.8) is 0 Å². The molecule has 0 unspecified atom stereocenters. The molecule has 1 N–H and O–H groups in total. The van der Waals surface area contributed by atoms with Crippen molar-refractivity contribution < 1.29 is 18.3 Å². The van der Waals surface area contributed by atoms with Crippen LogP contribution in [-0.2, 0) is 9.84 Å². The van der Waals surface area contributed by atoms with Gasteiger partial charge in [-0.15, -0.1) is 11.3 Å². The first kappa shape index (κ1) is 12.9. The molecule has 0 aromatic carbocycles. The van der Waals surface area contributed by atoms with Crippen molar-refractivity contribution in [3.8, 4) is 0 Å². The fourth-order valence-corrected chi connectivity index (χ4v) is 2.33. The Labute approximate surface area is 97.5 Å². The van der Waals surface area contributed by atoms with E-state index in [-0.39, 0.29) is 11.4 Å². The van der Waals surface area contributed by atoms with Gasteiger partial charge in [0, 0.05) is 25.2 Å². The van der Waals surface area contributed by atoms with Gasteiger partial charge in [-0.1, -0.05) is 0 Å². The molecule has 16 heavy (non-hydrogen) atoms. The summed E-state index contributed by atoms with van der Waals surface area (Å²) in [5.41, 5.74) is -0.0220. The van der Waals surface area contributed by atoms with E-state index in [1.54, 1.807) is 11.9 Å². The summed E-state index contributed by atoms with van der Waals surface area (Å²) in [5.74, 6) is -1.06. The zero-order valence-electron chi connectivity index (χ0n) is 8.87. The van der Waals surface area contributed by atoms with Crippen molar-refractivity contribution in [2.24, 2.45) is 0 Å². The smallest absolute Gasteiger partial charge is 0.355 e. The standard InChI is InChI=1S/C8H12N2O4S2/c1-10(3-4-16(2,13)14)8-9-6(5-15-8)7(11)12/h5H,3-4H2,1-2H3,(H,11,12). The number of sulfone groups is 1. The Bertz CT molecular complexity index is 480. The minimum absolute atomic E-state index is 0.0193. The number of thiazole rings is 1. The van der Waals surface area contributed by atoms with Gasteiger partial charge >= 0.3 is 5.97 Å². The lowest BCUT2D eigenvalue weighted by atomic mass is 10.5. The van der Waals surface area contributed by atoms with E-state index in [4.69, 9.17) is 5.11 Å². The van der Waals surface area contributed by atoms with Crippen LogP contribution in [-0.4, -0.2) is 50.1 Å². The molecule has 0 saturated heterocycles. The van der Waals surface area contributed by atoms with Crippen molar-refractivity contribution in [2.45, 2.75) is 0 Å². The highest BCUT2D eigenvalue weighted by atomic mass is 32.2. The molecular weight excluding hydrogens is 252 g/mol. The average Bonchev–Trinajstić information content (AvgIpc) is 2.61. The molecule has 0 atom stereocenters. The first-order valence-corrected chi connectivity index (χ1v) is 7.31. The fourth-order valence-electron chi connectivity index (χ4n) is 0.936. The highest BCUT2D eigenvalue weighted by molar-refractivity contribution is 7.90. The van der Waals surface area contributed by atoms with Gasteiger partial charge in [0.05, 0.1) is 5.75 Å². The van der Waals surface area contributed by atoms with Gasteiger partial charge in [0.25, 0.3) is 0 Å². The van der Waals surface area contributed by atoms with Crippen molar-refractivity contribution in [2.75, 3.05) is 30.5 Å². The Balaban J connectivity index is 2.66. The Morgan fingerprint density at radius 1 is 1.62 bits per heavy atom. The van der Waals surface area contributed by atoms with Gasteiger partial charge in [0.2, 0.25) is 0 Å². The number of hydrogen-bond acceptors (Lipinski definition) is 6. The lowest BCUT2D eigenvalue weighted by Crippen LogP contribution is -2.24. The van der Waals surface area contributed by atoms with E-state index in [1.807, 2.05) is 0 Å². The molecule has 0 radical (unpaired) electrons. The third-order valence-electron chi connectivity index (χ3n) is 1.84. The summed E-state index contributed by atoms with van der Waals surface area (Å²) in [5, 5.41) is 10.6. The molecule has 0 aliphatic heterocycles. The predicted octanol–water partition coefficient (Wildman–Crippen LogP) is 0.322. The van der Waals surface area contributed by atoms with Crippen LogP contribution in [0.1, 0.15) is 10.5 Å². The second-order valence-corrected chi connectivity index (χ2v) is 6.47. The molecular formula is C8H12N2O4S2. The van der Waals surface area contributed by atoms with E-state index in [9.17, 15) is 13.2 Å². The Hall–Kier alpha value is -1.15. The van der Waals surface area contributed by atoms with Crippen LogP contribution < -0.4 is 4.90 Å². The molecule has 0 aliphatic rings. The molecule has 1 aromatic heterocycles. The van der Waals surface area contributed by atoms with Crippen LogP contribution in [0.15, 0.2) is 5.38 Å². The van der Waals surface area contributed by atoms with Crippen LogP contribution in [0.4, 0.5) is 5.13 Å². The van der Waals surface area contributed by atoms with Crippen molar-refractivity contribution in [1.82, 2.24) is 4.98 Å². The first-order chi connectivity index (χ1) is 7.29. The summed E-state index contributed by atoms with van der Waals surface area (Å²) < 4.78 is 21.9. The predicted molar refractivity (Wildman–Crippen MR) is 62.1 cm³/mol. The molecule has 0 amide bonds. The highest BCUT2D eigenvalue weighted by Crippen LogP contribution is 2.18. The average molecular weight is 264 g/mol. The van der Waals surface area contributed by atoms with Gasteiger partial charge in [-0.05, 0) is 0 Å². The summed E-state index contributed by atoms with van der Waals surface area (Å²) in [6, 6.07) is 0. The molecule has 1 rings (SSSR count). The zero-order valence-corrected chi connectivity index (χ0v) is 10.5. The topological polar surface area (TPSA) is 87.6 Å². The fraction of sp³-hybridized carbons (Fsp3) is 0.500. The van der Waals surface area contributed by atoms with E-state index in [2.05, 4.69) is 4.98 Å². The second-order valence-electron chi connectivity index (χ2n) is 3.37. The molecule has 0 aliphatic carbocycles. The van der Waals surface area contributed by atoms with Crippen LogP contribution in [0.3, 0.4) is 0 Å². The number of rotatable bonds is 5. The lowest BCUT2D eigenvalue weighted by molar-refractivity contribution is 0.0691. The van der Waals surface area contributed by atoms with Crippen LogP contribution >= 0.6 is 11.3 Å². The second kappa shape index (κ2) is 4.79. The monoisotopic (exact) mass is 264 g/mol.